The fourth-order valence-corrected chi connectivity index (χ4v) is 4.59. The highest BCUT2D eigenvalue weighted by atomic mass is 127. The minimum Gasteiger partial charge on any atom is -0.495 e. The molecule has 2 N–H and O–H groups in total. The molecule has 200 valence electrons. The van der Waals surface area contributed by atoms with Gasteiger partial charge in [0, 0.05) is 0 Å². The number of carboxylic acid groups (broad SMARTS) is 1. The number of amides is 2. The maximum Gasteiger partial charge on any atom is 0.335 e. The minimum absolute atomic E-state index is 0.114. The summed E-state index contributed by atoms with van der Waals surface area (Å²) >= 11 is 2.08. The van der Waals surface area contributed by atoms with Crippen molar-refractivity contribution in [2.75, 3.05) is 31.2 Å². The largest absolute Gasteiger partial charge is 0.495 e. The van der Waals surface area contributed by atoms with Gasteiger partial charge in [-0.3, -0.25) is 9.59 Å². The van der Waals surface area contributed by atoms with Crippen molar-refractivity contribution in [3.63, 3.8) is 0 Å². The van der Waals surface area contributed by atoms with Crippen LogP contribution in [0.1, 0.15) is 22.8 Å². The lowest BCUT2D eigenvalue weighted by atomic mass is 10.1. The van der Waals surface area contributed by atoms with E-state index in [9.17, 15) is 14.4 Å². The molecule has 1 aliphatic rings. The van der Waals surface area contributed by atoms with Gasteiger partial charge < -0.3 is 24.6 Å². The molecule has 0 fully saturated rings. The molecule has 0 bridgehead atoms. The summed E-state index contributed by atoms with van der Waals surface area (Å²) in [6.45, 7) is 1.46. The molecule has 0 unspecified atom stereocenters. The van der Waals surface area contributed by atoms with Crippen LogP contribution in [0.15, 0.2) is 71.3 Å². The summed E-state index contributed by atoms with van der Waals surface area (Å²) in [4.78, 5) is 36.8. The summed E-state index contributed by atoms with van der Waals surface area (Å²) in [6, 6.07) is 16.5. The Bertz CT molecular complexity index is 1500. The summed E-state index contributed by atoms with van der Waals surface area (Å²) < 4.78 is 17.2. The maximum absolute atomic E-state index is 13.1. The lowest BCUT2D eigenvalue weighted by Crippen LogP contribution is -2.21. The summed E-state index contributed by atoms with van der Waals surface area (Å²) in [5, 5.41) is 17.4. The van der Waals surface area contributed by atoms with Crippen molar-refractivity contribution in [1.29, 1.82) is 0 Å². The highest BCUT2D eigenvalue weighted by molar-refractivity contribution is 14.1. The molecule has 0 spiro atoms. The summed E-state index contributed by atoms with van der Waals surface area (Å²) in [7, 11) is 3.01. The zero-order chi connectivity index (χ0) is 28.1. The summed E-state index contributed by atoms with van der Waals surface area (Å²) in [6.07, 6.45) is 1.69. The van der Waals surface area contributed by atoms with Crippen LogP contribution in [-0.4, -0.2) is 49.4 Å². The predicted molar refractivity (Wildman–Crippen MR) is 155 cm³/mol. The number of ether oxygens (including phenoxy) is 3. The predicted octanol–water partition coefficient (Wildman–Crippen LogP) is 4.83. The van der Waals surface area contributed by atoms with Crippen LogP contribution in [0.25, 0.3) is 6.08 Å². The van der Waals surface area contributed by atoms with Gasteiger partial charge in [-0.25, -0.2) is 4.79 Å². The Hall–Kier alpha value is -4.39. The number of hydrogen-bond acceptors (Lipinski definition) is 7. The Morgan fingerprint density at radius 3 is 2.41 bits per heavy atom. The van der Waals surface area contributed by atoms with Crippen LogP contribution < -0.4 is 24.5 Å². The van der Waals surface area contributed by atoms with Crippen LogP contribution in [0.4, 0.5) is 11.4 Å². The number of benzene rings is 3. The van der Waals surface area contributed by atoms with Crippen molar-refractivity contribution in [2.45, 2.75) is 6.92 Å². The number of hydrazone groups is 1. The van der Waals surface area contributed by atoms with Crippen LogP contribution in [0.5, 0.6) is 17.2 Å². The zero-order valence-corrected chi connectivity index (χ0v) is 23.4. The normalized spacial score (nSPS) is 13.7. The van der Waals surface area contributed by atoms with Gasteiger partial charge in [0.15, 0.2) is 18.1 Å². The number of nitrogens with zero attached hydrogens (tertiary/aromatic N) is 2. The highest BCUT2D eigenvalue weighted by Crippen LogP contribution is 2.35. The maximum atomic E-state index is 13.1. The highest BCUT2D eigenvalue weighted by Gasteiger charge is 2.29. The quantitative estimate of drug-likeness (QED) is 0.253. The van der Waals surface area contributed by atoms with Crippen LogP contribution in [0.2, 0.25) is 0 Å². The third-order valence-corrected chi connectivity index (χ3v) is 6.51. The molecule has 3 aromatic carbocycles. The molecule has 2 amide bonds. The molecule has 0 aliphatic carbocycles. The fraction of sp³-hybridized carbons (Fsp3) is 0.143. The van der Waals surface area contributed by atoms with Crippen LogP contribution in [-0.2, 0) is 9.59 Å². The van der Waals surface area contributed by atoms with Crippen LogP contribution in [0, 0.1) is 3.57 Å². The third-order valence-electron chi connectivity index (χ3n) is 5.71. The second kappa shape index (κ2) is 12.0. The second-order valence-corrected chi connectivity index (χ2v) is 9.45. The Morgan fingerprint density at radius 2 is 1.74 bits per heavy atom. The van der Waals surface area contributed by atoms with E-state index in [0.29, 0.717) is 49.0 Å². The van der Waals surface area contributed by atoms with Crippen molar-refractivity contribution in [3.8, 4) is 17.2 Å². The van der Waals surface area contributed by atoms with Gasteiger partial charge in [0.25, 0.3) is 11.8 Å². The van der Waals surface area contributed by atoms with Gasteiger partial charge in [0.05, 0.1) is 46.0 Å². The van der Waals surface area contributed by atoms with E-state index < -0.39 is 5.97 Å². The van der Waals surface area contributed by atoms with Gasteiger partial charge in [-0.05, 0) is 89.7 Å². The standard InChI is InChI=1S/C28H24IN3O7/c1-16-20(27(34)32(31-16)19-10-8-18(9-11-19)28(35)36)12-17-13-21(29)26(24(14-17)38-3)39-15-25(33)30-22-6-4-5-7-23(22)37-2/h4-14H,15H2,1-3H3,(H,30,33)(H,35,36)/b20-12+. The van der Waals surface area contributed by atoms with Gasteiger partial charge in [-0.15, -0.1) is 0 Å². The number of aromatic carboxylic acids is 1. The van der Waals surface area contributed by atoms with E-state index in [-0.39, 0.29) is 24.0 Å². The Balaban J connectivity index is 1.50. The van der Waals surface area contributed by atoms with Crippen molar-refractivity contribution in [2.24, 2.45) is 5.10 Å². The first-order chi connectivity index (χ1) is 18.7. The number of carboxylic acids is 1. The van der Waals surface area contributed by atoms with Gasteiger partial charge in [-0.2, -0.15) is 10.1 Å². The van der Waals surface area contributed by atoms with Crippen molar-refractivity contribution in [3.05, 3.63) is 80.9 Å². The lowest BCUT2D eigenvalue weighted by molar-refractivity contribution is -0.118. The van der Waals surface area contributed by atoms with E-state index in [1.165, 1.54) is 43.5 Å². The topological polar surface area (TPSA) is 127 Å². The number of para-hydroxylation sites is 2. The number of rotatable bonds is 9. The number of nitrogens with one attached hydrogen (secondary N) is 1. The van der Waals surface area contributed by atoms with Gasteiger partial charge in [0.2, 0.25) is 0 Å². The smallest absolute Gasteiger partial charge is 0.335 e. The Morgan fingerprint density at radius 1 is 1.05 bits per heavy atom. The average molecular weight is 641 g/mol. The molecule has 1 heterocycles. The number of carbonyl (C=O) groups is 3. The van der Waals surface area contributed by atoms with E-state index in [2.05, 4.69) is 33.0 Å². The Kier molecular flexibility index (Phi) is 8.49. The molecule has 4 rings (SSSR count). The average Bonchev–Trinajstić information content (AvgIpc) is 3.20. The van der Waals surface area contributed by atoms with Gasteiger partial charge in [-0.1, -0.05) is 12.1 Å². The van der Waals surface area contributed by atoms with Crippen molar-refractivity contribution < 1.29 is 33.7 Å². The monoisotopic (exact) mass is 641 g/mol. The molecular weight excluding hydrogens is 617 g/mol. The molecular formula is C28H24IN3O7. The first-order valence-electron chi connectivity index (χ1n) is 11.6. The van der Waals surface area contributed by atoms with Crippen LogP contribution in [0.3, 0.4) is 0 Å². The minimum atomic E-state index is -1.05. The van der Waals surface area contributed by atoms with E-state index in [4.69, 9.17) is 19.3 Å². The van der Waals surface area contributed by atoms with E-state index >= 15 is 0 Å². The lowest BCUT2D eigenvalue weighted by Gasteiger charge is -2.15. The molecule has 39 heavy (non-hydrogen) atoms. The molecule has 10 nitrogen and oxygen atoms in total. The molecule has 1 aliphatic heterocycles. The molecule has 0 atom stereocenters. The first-order valence-corrected chi connectivity index (χ1v) is 12.7. The number of anilines is 2. The fourth-order valence-electron chi connectivity index (χ4n) is 3.81. The molecule has 0 radical (unpaired) electrons. The van der Waals surface area contributed by atoms with E-state index in [1.54, 1.807) is 49.4 Å². The van der Waals surface area contributed by atoms with Crippen LogP contribution >= 0.6 is 22.6 Å². The summed E-state index contributed by atoms with van der Waals surface area (Å²) in [5.74, 6) is -0.464. The molecule has 3 aromatic rings. The molecule has 0 aromatic heterocycles. The van der Waals surface area contributed by atoms with Crippen molar-refractivity contribution in [1.82, 2.24) is 0 Å². The SMILES string of the molecule is COc1ccccc1NC(=O)COc1c(I)cc(/C=C2/C(=O)N(c3ccc(C(=O)O)cc3)N=C2C)cc1OC. The first kappa shape index (κ1) is 27.6. The third kappa shape index (κ3) is 6.20. The van der Waals surface area contributed by atoms with Gasteiger partial charge in [0.1, 0.15) is 5.75 Å². The zero-order valence-electron chi connectivity index (χ0n) is 21.2. The number of hydrogen-bond donors (Lipinski definition) is 2. The number of methoxy groups -OCH3 is 2. The second-order valence-electron chi connectivity index (χ2n) is 8.28. The summed E-state index contributed by atoms with van der Waals surface area (Å²) in [5.41, 5.74) is 2.65. The van der Waals surface area contributed by atoms with E-state index in [0.717, 1.165) is 0 Å². The molecule has 0 saturated heterocycles. The molecule has 11 heteroatoms. The number of carbonyl (C=O) groups excluding carboxylic acids is 2. The van der Waals surface area contributed by atoms with Gasteiger partial charge >= 0.3 is 5.97 Å². The molecule has 0 saturated carbocycles. The number of halogens is 1. The van der Waals surface area contributed by atoms with Crippen molar-refractivity contribution >= 4 is 63.5 Å². The Labute approximate surface area is 238 Å². The van der Waals surface area contributed by atoms with E-state index in [1.807, 2.05) is 0 Å².